The summed E-state index contributed by atoms with van der Waals surface area (Å²) in [4.78, 5) is 34.0. The highest BCUT2D eigenvalue weighted by molar-refractivity contribution is 5.85. The molecule has 9 nitrogen and oxygen atoms in total. The number of nitrogens with zero attached hydrogens (tertiary/aromatic N) is 7. The zero-order valence-corrected chi connectivity index (χ0v) is 26.5. The second kappa shape index (κ2) is 13.4. The van der Waals surface area contributed by atoms with Crippen LogP contribution in [0, 0.1) is 18.7 Å². The van der Waals surface area contributed by atoms with Crippen molar-refractivity contribution in [2.45, 2.75) is 64.2 Å². The number of pyridine rings is 2. The highest BCUT2D eigenvalue weighted by Crippen LogP contribution is 2.39. The van der Waals surface area contributed by atoms with Crippen molar-refractivity contribution in [1.29, 1.82) is 0 Å². The van der Waals surface area contributed by atoms with Crippen LogP contribution in [0.1, 0.15) is 55.0 Å². The van der Waals surface area contributed by atoms with Crippen LogP contribution in [-0.4, -0.2) is 68.4 Å². The molecule has 7 rings (SSSR count). The molecule has 1 saturated carbocycles. The molecule has 0 bridgehead atoms. The van der Waals surface area contributed by atoms with Crippen LogP contribution in [0.2, 0.25) is 0 Å². The maximum Gasteiger partial charge on any atom is 0.193 e. The van der Waals surface area contributed by atoms with Crippen molar-refractivity contribution < 1.29 is 9.50 Å². The Hall–Kier alpha value is -3.60. The van der Waals surface area contributed by atoms with Gasteiger partial charge in [-0.25, -0.2) is 9.37 Å². The molecule has 3 aromatic heterocycles. The number of piperidine rings is 1. The molecule has 2 aliphatic heterocycles. The molecule has 1 N–H and O–H groups in total. The fourth-order valence-electron chi connectivity index (χ4n) is 7.01. The summed E-state index contributed by atoms with van der Waals surface area (Å²) in [7, 11) is 0. The molecule has 0 amide bonds. The highest BCUT2D eigenvalue weighted by Gasteiger charge is 2.31. The monoisotopic (exact) mass is 633 g/mol. The summed E-state index contributed by atoms with van der Waals surface area (Å²) in [5.74, 6) is 0.648. The number of rotatable bonds is 9. The molecule has 0 spiro atoms. The molecule has 238 valence electrons. The van der Waals surface area contributed by atoms with Crippen LogP contribution >= 0.6 is 12.4 Å². The SMILES string of the molecule is Cc1cc(CN(Cc2cn(C3CC3)c3cc(N4CC[C@H](CO)C4)c(F)cc3c2=O)[C@H]2CCCN(c3cnccn3)C2)ccn1.Cl. The smallest absolute Gasteiger partial charge is 0.193 e. The average Bonchev–Trinajstić information content (AvgIpc) is 3.78. The topological polar surface area (TPSA) is 90.6 Å². The molecule has 1 aliphatic carbocycles. The minimum Gasteiger partial charge on any atom is -0.396 e. The number of hydrogen-bond acceptors (Lipinski definition) is 8. The first kappa shape index (κ1) is 31.4. The van der Waals surface area contributed by atoms with Gasteiger partial charge in [0.25, 0.3) is 0 Å². The number of hydrogen-bond donors (Lipinski definition) is 1. The zero-order valence-electron chi connectivity index (χ0n) is 25.7. The molecule has 45 heavy (non-hydrogen) atoms. The van der Waals surface area contributed by atoms with E-state index >= 15 is 4.39 Å². The Morgan fingerprint density at radius 1 is 1.00 bits per heavy atom. The van der Waals surface area contributed by atoms with E-state index in [2.05, 4.69) is 35.4 Å². The highest BCUT2D eigenvalue weighted by atomic mass is 35.5. The zero-order chi connectivity index (χ0) is 30.2. The summed E-state index contributed by atoms with van der Waals surface area (Å²) in [6, 6.07) is 7.98. The number of benzene rings is 1. The van der Waals surface area contributed by atoms with E-state index in [0.29, 0.717) is 48.9 Å². The van der Waals surface area contributed by atoms with Gasteiger partial charge in [0.2, 0.25) is 0 Å². The second-order valence-corrected chi connectivity index (χ2v) is 12.7. The normalized spacial score (nSPS) is 20.2. The summed E-state index contributed by atoms with van der Waals surface area (Å²) in [6.45, 7) is 6.28. The van der Waals surface area contributed by atoms with Gasteiger partial charge < -0.3 is 19.5 Å². The van der Waals surface area contributed by atoms with E-state index in [1.54, 1.807) is 12.4 Å². The minimum absolute atomic E-state index is 0. The van der Waals surface area contributed by atoms with Gasteiger partial charge >= 0.3 is 0 Å². The number of fused-ring (bicyclic) bond motifs is 1. The maximum atomic E-state index is 15.7. The first-order valence-corrected chi connectivity index (χ1v) is 15.9. The Morgan fingerprint density at radius 3 is 2.60 bits per heavy atom. The Bertz CT molecular complexity index is 1700. The van der Waals surface area contributed by atoms with E-state index in [1.807, 2.05) is 42.5 Å². The van der Waals surface area contributed by atoms with Crippen molar-refractivity contribution in [3.8, 4) is 0 Å². The fourth-order valence-corrected chi connectivity index (χ4v) is 7.01. The van der Waals surface area contributed by atoms with Crippen molar-refractivity contribution in [2.75, 3.05) is 42.6 Å². The fraction of sp³-hybridized carbons (Fsp3) is 0.471. The first-order chi connectivity index (χ1) is 21.5. The lowest BCUT2D eigenvalue weighted by Crippen LogP contribution is -2.48. The lowest BCUT2D eigenvalue weighted by atomic mass is 10.0. The molecule has 3 aliphatic rings. The van der Waals surface area contributed by atoms with Gasteiger partial charge in [-0.05, 0) is 68.9 Å². The summed E-state index contributed by atoms with van der Waals surface area (Å²) >= 11 is 0. The molecule has 0 unspecified atom stereocenters. The first-order valence-electron chi connectivity index (χ1n) is 15.9. The predicted octanol–water partition coefficient (Wildman–Crippen LogP) is 4.88. The molecule has 0 radical (unpaired) electrons. The number of aryl methyl sites for hydroxylation is 1. The van der Waals surface area contributed by atoms with Crippen molar-refractivity contribution in [2.24, 2.45) is 5.92 Å². The van der Waals surface area contributed by atoms with Gasteiger partial charge in [0, 0.05) is 105 Å². The third kappa shape index (κ3) is 6.68. The number of halogens is 2. The van der Waals surface area contributed by atoms with Gasteiger partial charge in [0.15, 0.2) is 5.43 Å². The summed E-state index contributed by atoms with van der Waals surface area (Å²) in [5.41, 5.74) is 4.03. The van der Waals surface area contributed by atoms with Crippen molar-refractivity contribution in [3.63, 3.8) is 0 Å². The molecule has 2 atom stereocenters. The van der Waals surface area contributed by atoms with Gasteiger partial charge in [0.05, 0.1) is 17.4 Å². The van der Waals surface area contributed by atoms with Crippen LogP contribution in [0.15, 0.2) is 60.0 Å². The van der Waals surface area contributed by atoms with Crippen molar-refractivity contribution >= 4 is 34.8 Å². The van der Waals surface area contributed by atoms with Gasteiger partial charge in [-0.15, -0.1) is 12.4 Å². The molecule has 3 fully saturated rings. The van der Waals surface area contributed by atoms with Gasteiger partial charge in [-0.1, -0.05) is 0 Å². The molecule has 11 heteroatoms. The summed E-state index contributed by atoms with van der Waals surface area (Å²) in [5, 5.41) is 10.1. The van der Waals surface area contributed by atoms with E-state index in [-0.39, 0.29) is 42.2 Å². The van der Waals surface area contributed by atoms with E-state index in [0.717, 1.165) is 67.8 Å². The summed E-state index contributed by atoms with van der Waals surface area (Å²) in [6.07, 6.45) is 14.1. The van der Waals surface area contributed by atoms with Gasteiger partial charge in [-0.3, -0.25) is 19.7 Å². The van der Waals surface area contributed by atoms with E-state index in [1.165, 1.54) is 6.07 Å². The summed E-state index contributed by atoms with van der Waals surface area (Å²) < 4.78 is 17.9. The number of aromatic nitrogens is 4. The number of anilines is 2. The van der Waals surface area contributed by atoms with Crippen LogP contribution in [0.5, 0.6) is 0 Å². The van der Waals surface area contributed by atoms with Crippen molar-refractivity contribution in [3.05, 3.63) is 88.1 Å². The molecular formula is C34H41ClFN7O2. The molecule has 4 aromatic rings. The number of aliphatic hydroxyl groups is 1. The lowest BCUT2D eigenvalue weighted by Gasteiger charge is -2.40. The van der Waals surface area contributed by atoms with Crippen LogP contribution in [0.3, 0.4) is 0 Å². The predicted molar refractivity (Wildman–Crippen MR) is 177 cm³/mol. The number of aliphatic hydroxyl groups excluding tert-OH is 1. The van der Waals surface area contributed by atoms with Crippen LogP contribution in [0.25, 0.3) is 10.9 Å². The van der Waals surface area contributed by atoms with Crippen LogP contribution in [-0.2, 0) is 13.1 Å². The van der Waals surface area contributed by atoms with Gasteiger partial charge in [0.1, 0.15) is 11.6 Å². The van der Waals surface area contributed by atoms with Crippen molar-refractivity contribution in [1.82, 2.24) is 24.4 Å². The Morgan fingerprint density at radius 2 is 1.87 bits per heavy atom. The minimum atomic E-state index is -0.372. The standard InChI is InChI=1S/C34H40FN7O2.ClH/c1-23-13-24(6-8-37-23)17-41(28-3-2-11-40(21-28)33-16-36-9-10-38-33)19-26-20-42(27-4-5-27)31-15-32(30(35)14-29(31)34(26)44)39-12-7-25(18-39)22-43;/h6,8-10,13-16,20,25,27-28,43H,2-5,7,11-12,17-19,21-22H2,1H3;1H/t25-,28-;/m0./s1. The quantitative estimate of drug-likeness (QED) is 0.279. The Labute approximate surface area is 269 Å². The Kier molecular flexibility index (Phi) is 9.35. The van der Waals surface area contributed by atoms with E-state index < -0.39 is 0 Å². The van der Waals surface area contributed by atoms with E-state index in [9.17, 15) is 9.90 Å². The van der Waals surface area contributed by atoms with Gasteiger partial charge in [-0.2, -0.15) is 0 Å². The second-order valence-electron chi connectivity index (χ2n) is 12.7. The maximum absolute atomic E-state index is 15.7. The van der Waals surface area contributed by atoms with Crippen LogP contribution in [0.4, 0.5) is 15.9 Å². The van der Waals surface area contributed by atoms with E-state index in [4.69, 9.17) is 0 Å². The third-order valence-electron chi connectivity index (χ3n) is 9.51. The molecular weight excluding hydrogens is 593 g/mol. The van der Waals surface area contributed by atoms with Crippen LogP contribution < -0.4 is 15.2 Å². The molecule has 2 saturated heterocycles. The molecule has 1 aromatic carbocycles. The third-order valence-corrected chi connectivity index (χ3v) is 9.51. The Balaban J connectivity index is 0.00000357. The molecule has 5 heterocycles. The largest absolute Gasteiger partial charge is 0.396 e. The average molecular weight is 634 g/mol. The lowest BCUT2D eigenvalue weighted by molar-refractivity contribution is 0.158.